The van der Waals surface area contributed by atoms with E-state index in [-0.39, 0.29) is 5.83 Å². The van der Waals surface area contributed by atoms with Gasteiger partial charge in [-0.15, -0.1) is 0 Å². The molecule has 0 saturated heterocycles. The van der Waals surface area contributed by atoms with Crippen molar-refractivity contribution in [3.63, 3.8) is 0 Å². The fourth-order valence-corrected chi connectivity index (χ4v) is 1.21. The minimum absolute atomic E-state index is 0.156. The highest BCUT2D eigenvalue weighted by molar-refractivity contribution is 5.36. The maximum atomic E-state index is 13.0. The Morgan fingerprint density at radius 3 is 3.00 bits per heavy atom. The molecule has 0 aliphatic carbocycles. The Morgan fingerprint density at radius 2 is 2.18 bits per heavy atom. The lowest BCUT2D eigenvalue weighted by Crippen LogP contribution is -2.20. The van der Waals surface area contributed by atoms with E-state index in [4.69, 9.17) is 0 Å². The van der Waals surface area contributed by atoms with Crippen molar-refractivity contribution in [2.75, 3.05) is 6.54 Å². The molecule has 2 aliphatic rings. The first kappa shape index (κ1) is 6.40. The number of hydrogen-bond donors (Lipinski definition) is 0. The van der Waals surface area contributed by atoms with Gasteiger partial charge in [0.25, 0.3) is 0 Å². The Balaban J connectivity index is 2.43. The molecule has 0 saturated carbocycles. The Hall–Kier alpha value is -1.31. The zero-order valence-electron chi connectivity index (χ0n) is 6.00. The van der Waals surface area contributed by atoms with Crippen molar-refractivity contribution in [2.45, 2.75) is 0 Å². The van der Waals surface area contributed by atoms with Crippen LogP contribution in [0.5, 0.6) is 0 Å². The van der Waals surface area contributed by atoms with Crippen LogP contribution in [0.4, 0.5) is 4.39 Å². The van der Waals surface area contributed by atoms with Crippen molar-refractivity contribution in [2.24, 2.45) is 0 Å². The van der Waals surface area contributed by atoms with E-state index in [2.05, 4.69) is 0 Å². The second-order valence-corrected chi connectivity index (χ2v) is 2.49. The lowest BCUT2D eigenvalue weighted by Gasteiger charge is -2.24. The second kappa shape index (κ2) is 2.38. The molecular weight excluding hydrogens is 141 g/mol. The molecule has 2 aliphatic heterocycles. The van der Waals surface area contributed by atoms with E-state index >= 15 is 0 Å². The normalized spacial score (nSPS) is 21.0. The third-order valence-corrected chi connectivity index (χ3v) is 1.75. The molecular formula is C9H8FN. The topological polar surface area (TPSA) is 3.24 Å². The van der Waals surface area contributed by atoms with Crippen LogP contribution < -0.4 is 0 Å². The van der Waals surface area contributed by atoms with Crippen molar-refractivity contribution in [3.05, 3.63) is 48.1 Å². The van der Waals surface area contributed by atoms with Crippen LogP contribution in [-0.4, -0.2) is 11.4 Å². The molecule has 0 radical (unpaired) electrons. The Morgan fingerprint density at radius 1 is 1.27 bits per heavy atom. The first-order valence-corrected chi connectivity index (χ1v) is 3.56. The summed E-state index contributed by atoms with van der Waals surface area (Å²) in [5.41, 5.74) is 0.662. The van der Waals surface area contributed by atoms with E-state index in [1.165, 1.54) is 6.08 Å². The molecule has 0 spiro atoms. The van der Waals surface area contributed by atoms with Gasteiger partial charge < -0.3 is 4.90 Å². The van der Waals surface area contributed by atoms with Gasteiger partial charge in [0.05, 0.1) is 5.70 Å². The minimum Gasteiger partial charge on any atom is -0.342 e. The van der Waals surface area contributed by atoms with Gasteiger partial charge in [0.1, 0.15) is 5.83 Å². The molecule has 0 aromatic heterocycles. The van der Waals surface area contributed by atoms with E-state index in [9.17, 15) is 4.39 Å². The third-order valence-electron chi connectivity index (χ3n) is 1.75. The molecule has 2 heterocycles. The zero-order chi connectivity index (χ0) is 7.68. The van der Waals surface area contributed by atoms with Crippen LogP contribution in [0.1, 0.15) is 0 Å². The van der Waals surface area contributed by atoms with Gasteiger partial charge in [-0.2, -0.15) is 0 Å². The average molecular weight is 149 g/mol. The van der Waals surface area contributed by atoms with E-state index in [0.29, 0.717) is 5.70 Å². The van der Waals surface area contributed by atoms with Crippen LogP contribution in [0.3, 0.4) is 0 Å². The molecule has 56 valence electrons. The summed E-state index contributed by atoms with van der Waals surface area (Å²) in [4.78, 5) is 1.87. The lowest BCUT2D eigenvalue weighted by atomic mass is 10.2. The van der Waals surface area contributed by atoms with E-state index in [1.807, 2.05) is 29.3 Å². The molecule has 2 rings (SSSR count). The number of allylic oxidation sites excluding steroid dienone is 5. The van der Waals surface area contributed by atoms with Gasteiger partial charge >= 0.3 is 0 Å². The quantitative estimate of drug-likeness (QED) is 0.510. The van der Waals surface area contributed by atoms with Crippen molar-refractivity contribution < 1.29 is 4.39 Å². The number of fused-ring (bicyclic) bond motifs is 1. The monoisotopic (exact) mass is 149 g/mol. The highest BCUT2D eigenvalue weighted by Crippen LogP contribution is 2.21. The van der Waals surface area contributed by atoms with Crippen molar-refractivity contribution in [1.82, 2.24) is 4.90 Å². The van der Waals surface area contributed by atoms with Gasteiger partial charge in [-0.3, -0.25) is 0 Å². The SMILES string of the molecule is FC1=C2C=CC=CN2CC=C1. The number of nitrogens with zero attached hydrogens (tertiary/aromatic N) is 1. The number of halogens is 1. The molecule has 0 N–H and O–H groups in total. The van der Waals surface area contributed by atoms with E-state index in [1.54, 1.807) is 6.08 Å². The highest BCUT2D eigenvalue weighted by Gasteiger charge is 2.12. The summed E-state index contributed by atoms with van der Waals surface area (Å²) in [6, 6.07) is 0. The molecule has 0 aromatic carbocycles. The molecule has 0 bridgehead atoms. The van der Waals surface area contributed by atoms with Crippen LogP contribution >= 0.6 is 0 Å². The average Bonchev–Trinajstić information content (AvgIpc) is 2.06. The van der Waals surface area contributed by atoms with Gasteiger partial charge in [0.15, 0.2) is 0 Å². The Kier molecular flexibility index (Phi) is 1.39. The first-order valence-electron chi connectivity index (χ1n) is 3.56. The maximum absolute atomic E-state index is 13.0. The van der Waals surface area contributed by atoms with Crippen LogP contribution in [0.15, 0.2) is 48.1 Å². The van der Waals surface area contributed by atoms with Gasteiger partial charge in [-0.1, -0.05) is 12.2 Å². The van der Waals surface area contributed by atoms with Crippen LogP contribution in [0.2, 0.25) is 0 Å². The summed E-state index contributed by atoms with van der Waals surface area (Å²) in [7, 11) is 0. The summed E-state index contributed by atoms with van der Waals surface area (Å²) in [6.07, 6.45) is 10.7. The third kappa shape index (κ3) is 1.00. The Bertz CT molecular complexity index is 284. The standard InChI is InChI=1S/C9H8FN/c10-8-4-3-7-11-6-2-1-5-9(8)11/h1-6H,7H2. The summed E-state index contributed by atoms with van der Waals surface area (Å²) in [6.45, 7) is 0.767. The number of rotatable bonds is 0. The zero-order valence-corrected chi connectivity index (χ0v) is 6.00. The van der Waals surface area contributed by atoms with Gasteiger partial charge in [-0.25, -0.2) is 4.39 Å². The van der Waals surface area contributed by atoms with Gasteiger partial charge in [0.2, 0.25) is 0 Å². The van der Waals surface area contributed by atoms with E-state index < -0.39 is 0 Å². The minimum atomic E-state index is -0.156. The molecule has 0 atom stereocenters. The van der Waals surface area contributed by atoms with Gasteiger partial charge in [0, 0.05) is 12.7 Å². The van der Waals surface area contributed by atoms with Crippen molar-refractivity contribution in [1.29, 1.82) is 0 Å². The maximum Gasteiger partial charge on any atom is 0.146 e. The fraction of sp³-hybridized carbons (Fsp3) is 0.111. The smallest absolute Gasteiger partial charge is 0.146 e. The molecule has 11 heavy (non-hydrogen) atoms. The molecule has 0 aromatic rings. The number of hydrogen-bond acceptors (Lipinski definition) is 1. The fourth-order valence-electron chi connectivity index (χ4n) is 1.21. The molecule has 0 unspecified atom stereocenters. The summed E-state index contributed by atoms with van der Waals surface area (Å²) >= 11 is 0. The summed E-state index contributed by atoms with van der Waals surface area (Å²) < 4.78 is 13.0. The largest absolute Gasteiger partial charge is 0.342 e. The van der Waals surface area contributed by atoms with E-state index in [0.717, 1.165) is 6.54 Å². The summed E-state index contributed by atoms with van der Waals surface area (Å²) in [5, 5.41) is 0. The van der Waals surface area contributed by atoms with Gasteiger partial charge in [-0.05, 0) is 18.2 Å². The predicted molar refractivity (Wildman–Crippen MR) is 42.3 cm³/mol. The predicted octanol–water partition coefficient (Wildman–Crippen LogP) is 2.12. The molecule has 2 heteroatoms. The highest BCUT2D eigenvalue weighted by atomic mass is 19.1. The first-order chi connectivity index (χ1) is 5.38. The Labute approximate surface area is 64.8 Å². The molecule has 0 fully saturated rings. The summed E-state index contributed by atoms with van der Waals surface area (Å²) in [5.74, 6) is -0.156. The second-order valence-electron chi connectivity index (χ2n) is 2.49. The molecule has 0 amide bonds. The lowest BCUT2D eigenvalue weighted by molar-refractivity contribution is 0.483. The van der Waals surface area contributed by atoms with Crippen molar-refractivity contribution in [3.8, 4) is 0 Å². The van der Waals surface area contributed by atoms with Crippen molar-refractivity contribution >= 4 is 0 Å². The molecule has 1 nitrogen and oxygen atoms in total. The van der Waals surface area contributed by atoms with Crippen LogP contribution in [0, 0.1) is 0 Å². The van der Waals surface area contributed by atoms with Crippen LogP contribution in [-0.2, 0) is 0 Å². The van der Waals surface area contributed by atoms with Crippen LogP contribution in [0.25, 0.3) is 0 Å².